The lowest BCUT2D eigenvalue weighted by molar-refractivity contribution is 0.101. The van der Waals surface area contributed by atoms with Gasteiger partial charge in [-0.3, -0.25) is 9.52 Å². The number of sulfonamides is 1. The Labute approximate surface area is 180 Å². The lowest BCUT2D eigenvalue weighted by Crippen LogP contribution is -2.13. The summed E-state index contributed by atoms with van der Waals surface area (Å²) in [5.41, 5.74) is 1.45. The maximum atomic E-state index is 12.8. The summed E-state index contributed by atoms with van der Waals surface area (Å²) in [4.78, 5) is 11.5. The molecule has 0 saturated heterocycles. The summed E-state index contributed by atoms with van der Waals surface area (Å²) in [5, 5.41) is 9.08. The Balaban J connectivity index is 1.65. The summed E-state index contributed by atoms with van der Waals surface area (Å²) < 4.78 is 30.2. The smallest absolute Gasteiger partial charge is 0.261 e. The van der Waals surface area contributed by atoms with Crippen LogP contribution in [0.25, 0.3) is 11.4 Å². The number of anilines is 1. The first kappa shape index (κ1) is 20.6. The molecule has 1 aromatic heterocycles. The number of rotatable bonds is 5. The van der Waals surface area contributed by atoms with Crippen LogP contribution in [-0.4, -0.2) is 29.0 Å². The first-order chi connectivity index (χ1) is 14.3. The molecule has 0 saturated carbocycles. The minimum atomic E-state index is -3.82. The number of nitrogens with zero attached hydrogens (tertiary/aromatic N) is 3. The highest BCUT2D eigenvalue weighted by atomic mass is 35.5. The van der Waals surface area contributed by atoms with E-state index >= 15 is 0 Å². The number of Topliss-reactive ketones (excluding diaryl/α,β-unsaturated/α-hetero) is 1. The van der Waals surface area contributed by atoms with Crippen molar-refractivity contribution in [3.8, 4) is 11.4 Å². The lowest BCUT2D eigenvalue weighted by Gasteiger charge is -2.12. The Morgan fingerprint density at radius 3 is 2.57 bits per heavy atom. The van der Waals surface area contributed by atoms with Gasteiger partial charge in [0.1, 0.15) is 5.82 Å². The van der Waals surface area contributed by atoms with Gasteiger partial charge in [-0.15, -0.1) is 10.2 Å². The molecular formula is C21H21ClN4O3S. The van der Waals surface area contributed by atoms with Crippen LogP contribution in [-0.2, 0) is 23.0 Å². The zero-order chi connectivity index (χ0) is 21.3. The van der Waals surface area contributed by atoms with E-state index in [0.717, 1.165) is 38.1 Å². The van der Waals surface area contributed by atoms with E-state index in [4.69, 9.17) is 11.6 Å². The van der Waals surface area contributed by atoms with Gasteiger partial charge in [0.25, 0.3) is 10.0 Å². The average Bonchev–Trinajstić information content (AvgIpc) is 2.97. The standard InChI is InChI=1S/C21H21ClN4O3S/c1-14(27)15-6-9-17(10-7-15)30(28,29)25-16-8-11-19(22)18(13-16)21-24-23-20-5-3-2-4-12-26(20)21/h6-11,13,25H,2-5,12H2,1H3. The van der Waals surface area contributed by atoms with Crippen LogP contribution >= 0.6 is 11.6 Å². The monoisotopic (exact) mass is 444 g/mol. The highest BCUT2D eigenvalue weighted by Crippen LogP contribution is 2.32. The van der Waals surface area contributed by atoms with Crippen LogP contribution in [0.4, 0.5) is 5.69 Å². The van der Waals surface area contributed by atoms with Crippen LogP contribution in [0.3, 0.4) is 0 Å². The van der Waals surface area contributed by atoms with Crippen molar-refractivity contribution in [3.63, 3.8) is 0 Å². The summed E-state index contributed by atoms with van der Waals surface area (Å²) in [5.74, 6) is 1.44. The molecule has 2 aromatic carbocycles. The molecule has 1 aliphatic heterocycles. The van der Waals surface area contributed by atoms with Gasteiger partial charge >= 0.3 is 0 Å². The zero-order valence-corrected chi connectivity index (χ0v) is 18.0. The number of ketones is 1. The van der Waals surface area contributed by atoms with Crippen LogP contribution < -0.4 is 4.72 Å². The minimum Gasteiger partial charge on any atom is -0.311 e. The minimum absolute atomic E-state index is 0.0698. The van der Waals surface area contributed by atoms with Gasteiger partial charge in [-0.1, -0.05) is 30.2 Å². The maximum Gasteiger partial charge on any atom is 0.261 e. The number of benzene rings is 2. The molecule has 3 aromatic rings. The van der Waals surface area contributed by atoms with Crippen molar-refractivity contribution in [2.75, 3.05) is 4.72 Å². The van der Waals surface area contributed by atoms with Crippen LogP contribution in [0.2, 0.25) is 5.02 Å². The largest absolute Gasteiger partial charge is 0.311 e. The fourth-order valence-corrected chi connectivity index (χ4v) is 4.78. The number of carbonyl (C=O) groups excluding carboxylic acids is 1. The number of fused-ring (bicyclic) bond motifs is 1. The number of aryl methyl sites for hydroxylation is 1. The number of hydrogen-bond acceptors (Lipinski definition) is 5. The highest BCUT2D eigenvalue weighted by molar-refractivity contribution is 7.92. The van der Waals surface area contributed by atoms with Gasteiger partial charge in [-0.05, 0) is 50.1 Å². The van der Waals surface area contributed by atoms with Crippen molar-refractivity contribution >= 4 is 33.1 Å². The van der Waals surface area contributed by atoms with Gasteiger partial charge in [0.2, 0.25) is 0 Å². The van der Waals surface area contributed by atoms with Gasteiger partial charge in [-0.2, -0.15) is 0 Å². The number of halogens is 1. The molecule has 0 unspecified atom stereocenters. The third-order valence-electron chi connectivity index (χ3n) is 5.14. The van der Waals surface area contributed by atoms with E-state index in [1.54, 1.807) is 18.2 Å². The summed E-state index contributed by atoms with van der Waals surface area (Å²) in [6.45, 7) is 2.24. The van der Waals surface area contributed by atoms with Crippen molar-refractivity contribution in [1.29, 1.82) is 0 Å². The van der Waals surface area contributed by atoms with Crippen LogP contribution in [0.5, 0.6) is 0 Å². The highest BCUT2D eigenvalue weighted by Gasteiger charge is 2.20. The third kappa shape index (κ3) is 4.11. The van der Waals surface area contributed by atoms with Crippen molar-refractivity contribution < 1.29 is 13.2 Å². The van der Waals surface area contributed by atoms with E-state index < -0.39 is 10.0 Å². The molecule has 0 amide bonds. The maximum absolute atomic E-state index is 12.8. The van der Waals surface area contributed by atoms with Gasteiger partial charge in [0.05, 0.1) is 9.92 Å². The molecule has 0 atom stereocenters. The Kier molecular flexibility index (Phi) is 5.62. The molecule has 2 heterocycles. The van der Waals surface area contributed by atoms with Crippen molar-refractivity contribution in [2.45, 2.75) is 44.0 Å². The topological polar surface area (TPSA) is 93.9 Å². The Morgan fingerprint density at radius 1 is 1.07 bits per heavy atom. The molecular weight excluding hydrogens is 424 g/mol. The van der Waals surface area contributed by atoms with Gasteiger partial charge in [0, 0.05) is 29.8 Å². The van der Waals surface area contributed by atoms with Crippen LogP contribution in [0.15, 0.2) is 47.4 Å². The number of nitrogens with one attached hydrogen (secondary N) is 1. The van der Waals surface area contributed by atoms with Crippen molar-refractivity contribution in [2.24, 2.45) is 0 Å². The van der Waals surface area contributed by atoms with E-state index in [-0.39, 0.29) is 10.7 Å². The summed E-state index contributed by atoms with van der Waals surface area (Å²) in [6.07, 6.45) is 4.12. The summed E-state index contributed by atoms with van der Waals surface area (Å²) in [6, 6.07) is 10.7. The second-order valence-corrected chi connectivity index (χ2v) is 9.37. The quantitative estimate of drug-likeness (QED) is 0.591. The predicted octanol–water partition coefficient (Wildman–Crippen LogP) is 4.33. The first-order valence-electron chi connectivity index (χ1n) is 9.71. The van der Waals surface area contributed by atoms with Crippen molar-refractivity contribution in [3.05, 3.63) is 58.9 Å². The second kappa shape index (κ2) is 8.20. The van der Waals surface area contributed by atoms with Gasteiger partial charge in [0.15, 0.2) is 11.6 Å². The number of aromatic nitrogens is 3. The molecule has 4 rings (SSSR count). The van der Waals surface area contributed by atoms with Crippen LogP contribution in [0.1, 0.15) is 42.4 Å². The predicted molar refractivity (Wildman–Crippen MR) is 115 cm³/mol. The molecule has 0 radical (unpaired) electrons. The second-order valence-electron chi connectivity index (χ2n) is 7.28. The van der Waals surface area contributed by atoms with E-state index in [1.165, 1.54) is 31.2 Å². The molecule has 0 fully saturated rings. The Morgan fingerprint density at radius 2 is 1.83 bits per heavy atom. The fraction of sp³-hybridized carbons (Fsp3) is 0.286. The Bertz CT molecular complexity index is 1200. The molecule has 0 bridgehead atoms. The molecule has 1 aliphatic rings. The molecule has 0 aliphatic carbocycles. The lowest BCUT2D eigenvalue weighted by atomic mass is 10.2. The number of carbonyl (C=O) groups is 1. The van der Waals surface area contributed by atoms with E-state index in [1.807, 2.05) is 0 Å². The van der Waals surface area contributed by atoms with E-state index in [0.29, 0.717) is 27.7 Å². The SMILES string of the molecule is CC(=O)c1ccc(S(=O)(=O)Nc2ccc(Cl)c(-c3nnc4n3CCCCC4)c2)cc1. The summed E-state index contributed by atoms with van der Waals surface area (Å²) in [7, 11) is -3.82. The molecule has 156 valence electrons. The van der Waals surface area contributed by atoms with Crippen molar-refractivity contribution in [1.82, 2.24) is 14.8 Å². The van der Waals surface area contributed by atoms with Crippen LogP contribution in [0, 0.1) is 0 Å². The van der Waals surface area contributed by atoms with Gasteiger partial charge < -0.3 is 4.57 Å². The Hall–Kier alpha value is -2.71. The zero-order valence-electron chi connectivity index (χ0n) is 16.4. The normalized spacial score (nSPS) is 14.1. The van der Waals surface area contributed by atoms with E-state index in [2.05, 4.69) is 19.5 Å². The molecule has 9 heteroatoms. The molecule has 1 N–H and O–H groups in total. The summed E-state index contributed by atoms with van der Waals surface area (Å²) >= 11 is 6.42. The number of hydrogen-bond donors (Lipinski definition) is 1. The molecule has 7 nitrogen and oxygen atoms in total. The first-order valence-corrected chi connectivity index (χ1v) is 11.6. The third-order valence-corrected chi connectivity index (χ3v) is 6.87. The molecule has 30 heavy (non-hydrogen) atoms. The molecule has 0 spiro atoms. The average molecular weight is 445 g/mol. The van der Waals surface area contributed by atoms with E-state index in [9.17, 15) is 13.2 Å². The fourth-order valence-electron chi connectivity index (χ4n) is 3.53. The van der Waals surface area contributed by atoms with Gasteiger partial charge in [-0.25, -0.2) is 8.42 Å².